The zero-order valence-electron chi connectivity index (χ0n) is 10.2. The third kappa shape index (κ3) is 3.48. The second-order valence-corrected chi connectivity index (χ2v) is 5.20. The zero-order valence-corrected chi connectivity index (χ0v) is 10.2. The Balaban J connectivity index is 1.66. The Kier molecular flexibility index (Phi) is 4.22. The van der Waals surface area contributed by atoms with Crippen molar-refractivity contribution in [3.63, 3.8) is 0 Å². The molecule has 1 heterocycles. The van der Waals surface area contributed by atoms with Crippen molar-refractivity contribution in [3.05, 3.63) is 0 Å². The van der Waals surface area contributed by atoms with Crippen LogP contribution in [0.2, 0.25) is 0 Å². The molecule has 3 heteroatoms. The average molecular weight is 225 g/mol. The fraction of sp³-hybridized carbons (Fsp3) is 0.923. The minimum absolute atomic E-state index is 0.0289. The molecule has 0 bridgehead atoms. The number of hydrogen-bond donors (Lipinski definition) is 1. The van der Waals surface area contributed by atoms with E-state index in [0.29, 0.717) is 12.5 Å². The molecule has 1 saturated carbocycles. The Morgan fingerprint density at radius 3 is 2.81 bits per heavy atom. The first-order valence-corrected chi connectivity index (χ1v) is 6.69. The number of nitrogens with one attached hydrogen (secondary N) is 1. The summed E-state index contributed by atoms with van der Waals surface area (Å²) in [5, 5.41) is 3.26. The normalized spacial score (nSPS) is 30.1. The summed E-state index contributed by atoms with van der Waals surface area (Å²) in [6.45, 7) is 3.78. The quantitative estimate of drug-likeness (QED) is 0.728. The molecule has 1 N–H and O–H groups in total. The van der Waals surface area contributed by atoms with Gasteiger partial charge in [0.25, 0.3) is 0 Å². The van der Waals surface area contributed by atoms with Crippen LogP contribution in [0, 0.1) is 11.8 Å². The standard InChI is InChI=1S/C13H23NO2/c1-2-10-5-7-14-12(9-10)13(15)16-8-6-11-3-4-11/h10-12,14H,2-9H2,1H3. The number of hydrogen-bond acceptors (Lipinski definition) is 3. The summed E-state index contributed by atoms with van der Waals surface area (Å²) in [5.74, 6) is 1.51. The summed E-state index contributed by atoms with van der Waals surface area (Å²) in [6, 6.07) is -0.0436. The van der Waals surface area contributed by atoms with Gasteiger partial charge in [0.05, 0.1) is 6.61 Å². The van der Waals surface area contributed by atoms with Crippen LogP contribution in [0.1, 0.15) is 45.4 Å². The molecular weight excluding hydrogens is 202 g/mol. The first kappa shape index (κ1) is 11.9. The lowest BCUT2D eigenvalue weighted by atomic mass is 9.90. The Labute approximate surface area is 97.9 Å². The summed E-state index contributed by atoms with van der Waals surface area (Å²) in [7, 11) is 0. The van der Waals surface area contributed by atoms with E-state index >= 15 is 0 Å². The van der Waals surface area contributed by atoms with E-state index in [1.54, 1.807) is 0 Å². The molecule has 0 amide bonds. The number of esters is 1. The van der Waals surface area contributed by atoms with Gasteiger partial charge in [-0.1, -0.05) is 26.2 Å². The fourth-order valence-corrected chi connectivity index (χ4v) is 2.38. The molecule has 0 aromatic rings. The number of rotatable bonds is 5. The summed E-state index contributed by atoms with van der Waals surface area (Å²) in [6.07, 6.45) is 7.05. The van der Waals surface area contributed by atoms with Gasteiger partial charge in [0.2, 0.25) is 0 Å². The molecule has 1 aliphatic heterocycles. The van der Waals surface area contributed by atoms with Gasteiger partial charge in [-0.15, -0.1) is 0 Å². The molecule has 0 aromatic carbocycles. The summed E-state index contributed by atoms with van der Waals surface area (Å²) < 4.78 is 5.32. The monoisotopic (exact) mass is 225 g/mol. The highest BCUT2D eigenvalue weighted by Crippen LogP contribution is 2.32. The van der Waals surface area contributed by atoms with Gasteiger partial charge < -0.3 is 10.1 Å². The molecule has 2 atom stereocenters. The Hall–Kier alpha value is -0.570. The van der Waals surface area contributed by atoms with Crippen LogP contribution in [-0.4, -0.2) is 25.2 Å². The predicted molar refractivity (Wildman–Crippen MR) is 63.1 cm³/mol. The van der Waals surface area contributed by atoms with Crippen LogP contribution in [0.25, 0.3) is 0 Å². The van der Waals surface area contributed by atoms with E-state index in [4.69, 9.17) is 4.74 Å². The molecule has 2 unspecified atom stereocenters. The fourth-order valence-electron chi connectivity index (χ4n) is 2.38. The van der Waals surface area contributed by atoms with E-state index in [1.165, 1.54) is 25.7 Å². The van der Waals surface area contributed by atoms with Crippen LogP contribution >= 0.6 is 0 Å². The predicted octanol–water partition coefficient (Wildman–Crippen LogP) is 2.11. The summed E-state index contributed by atoms with van der Waals surface area (Å²) >= 11 is 0. The highest BCUT2D eigenvalue weighted by Gasteiger charge is 2.27. The molecule has 1 aliphatic carbocycles. The molecule has 0 radical (unpaired) electrons. The lowest BCUT2D eigenvalue weighted by Gasteiger charge is -2.28. The van der Waals surface area contributed by atoms with E-state index in [2.05, 4.69) is 12.2 Å². The first-order chi connectivity index (χ1) is 7.79. The van der Waals surface area contributed by atoms with Gasteiger partial charge in [-0.2, -0.15) is 0 Å². The van der Waals surface area contributed by atoms with Gasteiger partial charge in [0, 0.05) is 0 Å². The van der Waals surface area contributed by atoms with Crippen LogP contribution in [0.15, 0.2) is 0 Å². The van der Waals surface area contributed by atoms with Crippen molar-refractivity contribution < 1.29 is 9.53 Å². The van der Waals surface area contributed by atoms with Gasteiger partial charge in [-0.25, -0.2) is 0 Å². The van der Waals surface area contributed by atoms with Crippen molar-refractivity contribution in [1.29, 1.82) is 0 Å². The van der Waals surface area contributed by atoms with Crippen molar-refractivity contribution in [1.82, 2.24) is 5.32 Å². The number of carbonyl (C=O) groups is 1. The Morgan fingerprint density at radius 2 is 2.12 bits per heavy atom. The maximum atomic E-state index is 11.8. The Bertz CT molecular complexity index is 238. The maximum Gasteiger partial charge on any atom is 0.323 e. The molecule has 92 valence electrons. The third-order valence-corrected chi connectivity index (χ3v) is 3.84. The van der Waals surface area contributed by atoms with Crippen LogP contribution in [-0.2, 0) is 9.53 Å². The molecular formula is C13H23NO2. The van der Waals surface area contributed by atoms with Crippen LogP contribution < -0.4 is 5.32 Å². The van der Waals surface area contributed by atoms with E-state index in [1.807, 2.05) is 0 Å². The van der Waals surface area contributed by atoms with E-state index in [9.17, 15) is 4.79 Å². The molecule has 2 fully saturated rings. The molecule has 1 saturated heterocycles. The largest absolute Gasteiger partial charge is 0.465 e. The van der Waals surface area contributed by atoms with Gasteiger partial charge in [0.15, 0.2) is 0 Å². The minimum atomic E-state index is -0.0436. The molecule has 2 aliphatic rings. The topological polar surface area (TPSA) is 38.3 Å². The first-order valence-electron chi connectivity index (χ1n) is 6.69. The highest BCUT2D eigenvalue weighted by molar-refractivity contribution is 5.75. The van der Waals surface area contributed by atoms with Gasteiger partial charge in [0.1, 0.15) is 6.04 Å². The number of carbonyl (C=O) groups excluding carboxylic acids is 1. The number of ether oxygens (including phenoxy) is 1. The van der Waals surface area contributed by atoms with E-state index in [0.717, 1.165) is 25.3 Å². The smallest absolute Gasteiger partial charge is 0.323 e. The van der Waals surface area contributed by atoms with Crippen molar-refractivity contribution in [3.8, 4) is 0 Å². The molecule has 0 aromatic heterocycles. The summed E-state index contributed by atoms with van der Waals surface area (Å²) in [5.41, 5.74) is 0. The average Bonchev–Trinajstić information content (AvgIpc) is 3.13. The lowest BCUT2D eigenvalue weighted by molar-refractivity contribution is -0.147. The van der Waals surface area contributed by atoms with Crippen LogP contribution in [0.3, 0.4) is 0 Å². The minimum Gasteiger partial charge on any atom is -0.465 e. The van der Waals surface area contributed by atoms with Crippen molar-refractivity contribution in [2.24, 2.45) is 11.8 Å². The highest BCUT2D eigenvalue weighted by atomic mass is 16.5. The van der Waals surface area contributed by atoms with E-state index < -0.39 is 0 Å². The van der Waals surface area contributed by atoms with Crippen LogP contribution in [0.5, 0.6) is 0 Å². The van der Waals surface area contributed by atoms with Crippen LogP contribution in [0.4, 0.5) is 0 Å². The van der Waals surface area contributed by atoms with Crippen molar-refractivity contribution >= 4 is 5.97 Å². The SMILES string of the molecule is CCC1CCNC(C(=O)OCCC2CC2)C1. The molecule has 2 rings (SSSR count). The second kappa shape index (κ2) is 5.67. The molecule has 16 heavy (non-hydrogen) atoms. The lowest BCUT2D eigenvalue weighted by Crippen LogP contribution is -2.44. The van der Waals surface area contributed by atoms with Crippen molar-refractivity contribution in [2.45, 2.75) is 51.5 Å². The third-order valence-electron chi connectivity index (χ3n) is 3.84. The maximum absolute atomic E-state index is 11.8. The van der Waals surface area contributed by atoms with Gasteiger partial charge >= 0.3 is 5.97 Å². The Morgan fingerprint density at radius 1 is 1.31 bits per heavy atom. The van der Waals surface area contributed by atoms with E-state index in [-0.39, 0.29) is 12.0 Å². The zero-order chi connectivity index (χ0) is 11.4. The second-order valence-electron chi connectivity index (χ2n) is 5.20. The van der Waals surface area contributed by atoms with Gasteiger partial charge in [-0.05, 0) is 37.6 Å². The number of piperidine rings is 1. The van der Waals surface area contributed by atoms with Gasteiger partial charge in [-0.3, -0.25) is 4.79 Å². The molecule has 3 nitrogen and oxygen atoms in total. The molecule has 0 spiro atoms. The summed E-state index contributed by atoms with van der Waals surface area (Å²) in [4.78, 5) is 11.8. The van der Waals surface area contributed by atoms with Crippen molar-refractivity contribution in [2.75, 3.05) is 13.2 Å².